The van der Waals surface area contributed by atoms with E-state index < -0.39 is 11.8 Å². The number of hydrogen-bond donors (Lipinski definition) is 1. The second kappa shape index (κ2) is 7.37. The number of fused-ring (bicyclic) bond motifs is 3. The van der Waals surface area contributed by atoms with Crippen molar-refractivity contribution in [1.82, 2.24) is 9.80 Å². The van der Waals surface area contributed by atoms with Crippen molar-refractivity contribution in [2.75, 3.05) is 46.5 Å². The van der Waals surface area contributed by atoms with Gasteiger partial charge in [-0.25, -0.2) is 4.39 Å². The van der Waals surface area contributed by atoms with Crippen LogP contribution in [0.2, 0.25) is 0 Å². The Balaban J connectivity index is 1.85. The smallest absolute Gasteiger partial charge is 0.317 e. The molecule has 2 bridgehead atoms. The number of carbonyl (C=O) groups is 2. The lowest BCUT2D eigenvalue weighted by molar-refractivity contribution is -0.139. The van der Waals surface area contributed by atoms with Gasteiger partial charge in [-0.05, 0) is 18.2 Å². The topological polar surface area (TPSA) is 79.3 Å². The van der Waals surface area contributed by atoms with Gasteiger partial charge < -0.3 is 19.5 Å². The molecule has 0 radical (unpaired) electrons. The fraction of sp³-hybridized carbons (Fsp3) is 0.529. The maximum Gasteiger partial charge on any atom is 0.317 e. The average molecular weight is 352 g/mol. The van der Waals surface area contributed by atoms with E-state index in [-0.39, 0.29) is 30.0 Å². The van der Waals surface area contributed by atoms with Gasteiger partial charge in [0.25, 0.3) is 5.91 Å². The predicted molar refractivity (Wildman–Crippen MR) is 86.2 cm³/mol. The van der Waals surface area contributed by atoms with Gasteiger partial charge in [0, 0.05) is 25.6 Å². The molecule has 8 heteroatoms. The first kappa shape index (κ1) is 17.6. The minimum absolute atomic E-state index is 0.00959. The molecular weight excluding hydrogens is 331 g/mol. The predicted octanol–water partition coefficient (Wildman–Crippen LogP) is 0.692. The first-order valence-electron chi connectivity index (χ1n) is 8.14. The first-order chi connectivity index (χ1) is 12.0. The summed E-state index contributed by atoms with van der Waals surface area (Å²) in [5.41, 5.74) is 0.174. The van der Waals surface area contributed by atoms with Crippen molar-refractivity contribution >= 4 is 11.9 Å². The molecule has 3 rings (SSSR count). The molecule has 2 atom stereocenters. The van der Waals surface area contributed by atoms with Crippen molar-refractivity contribution in [3.05, 3.63) is 29.6 Å². The molecule has 2 saturated heterocycles. The van der Waals surface area contributed by atoms with Crippen molar-refractivity contribution in [3.63, 3.8) is 0 Å². The number of ether oxygens (including phenoxy) is 2. The highest BCUT2D eigenvalue weighted by atomic mass is 19.1. The monoisotopic (exact) mass is 352 g/mol. The summed E-state index contributed by atoms with van der Waals surface area (Å²) < 4.78 is 24.4. The number of rotatable bonds is 4. The Morgan fingerprint density at radius 2 is 2.12 bits per heavy atom. The summed E-state index contributed by atoms with van der Waals surface area (Å²) in [5.74, 6) is -1.40. The van der Waals surface area contributed by atoms with E-state index in [1.54, 1.807) is 4.90 Å². The molecule has 7 nitrogen and oxygen atoms in total. The standard InChI is InChI=1S/C17H21FN2O5/c1-24-15-3-2-12(18)4-14(15)17(23)20-6-11-5-19(8-16(21)22)13(7-20)10-25-9-11/h2-4,11,13H,5-10H2,1H3,(H,21,22)/t11-,13+/m1/s1. The van der Waals surface area contributed by atoms with Gasteiger partial charge in [-0.2, -0.15) is 0 Å². The Hall–Kier alpha value is -2.19. The van der Waals surface area contributed by atoms with Crippen LogP contribution < -0.4 is 4.74 Å². The molecular formula is C17H21FN2O5. The number of nitrogens with zero attached hydrogens (tertiary/aromatic N) is 2. The van der Waals surface area contributed by atoms with Crippen LogP contribution >= 0.6 is 0 Å². The number of benzene rings is 1. The summed E-state index contributed by atoms with van der Waals surface area (Å²) in [7, 11) is 1.43. The third kappa shape index (κ3) is 3.91. The van der Waals surface area contributed by atoms with E-state index in [0.717, 1.165) is 0 Å². The van der Waals surface area contributed by atoms with Gasteiger partial charge >= 0.3 is 5.97 Å². The SMILES string of the molecule is COc1ccc(F)cc1C(=O)N1C[C@@H]2COC[C@H](C1)N(CC(=O)O)C2. The minimum Gasteiger partial charge on any atom is -0.496 e. The first-order valence-corrected chi connectivity index (χ1v) is 8.14. The number of methoxy groups -OCH3 is 1. The van der Waals surface area contributed by atoms with Gasteiger partial charge in [-0.3, -0.25) is 14.5 Å². The van der Waals surface area contributed by atoms with Crippen LogP contribution in [0.25, 0.3) is 0 Å². The van der Waals surface area contributed by atoms with Crippen LogP contribution in [0.1, 0.15) is 10.4 Å². The molecule has 2 fully saturated rings. The molecule has 1 aromatic carbocycles. The number of carbonyl (C=O) groups excluding carboxylic acids is 1. The average Bonchev–Trinajstić information content (AvgIpc) is 2.83. The van der Waals surface area contributed by atoms with Crippen LogP contribution in [0.4, 0.5) is 4.39 Å². The molecule has 0 aromatic heterocycles. The van der Waals surface area contributed by atoms with Gasteiger partial charge in [0.05, 0.1) is 38.5 Å². The number of amides is 1. The molecule has 1 amide bonds. The van der Waals surface area contributed by atoms with E-state index in [4.69, 9.17) is 14.6 Å². The molecule has 25 heavy (non-hydrogen) atoms. The van der Waals surface area contributed by atoms with Crippen molar-refractivity contribution in [2.45, 2.75) is 6.04 Å². The number of halogens is 1. The van der Waals surface area contributed by atoms with Crippen LogP contribution in [0.5, 0.6) is 5.75 Å². The summed E-state index contributed by atoms with van der Waals surface area (Å²) in [6.45, 7) is 2.08. The van der Waals surface area contributed by atoms with Gasteiger partial charge in [0.15, 0.2) is 0 Å². The van der Waals surface area contributed by atoms with Crippen LogP contribution in [-0.4, -0.2) is 79.3 Å². The van der Waals surface area contributed by atoms with Crippen LogP contribution in [0.3, 0.4) is 0 Å². The van der Waals surface area contributed by atoms with Crippen molar-refractivity contribution in [3.8, 4) is 5.75 Å². The van der Waals surface area contributed by atoms with Crippen molar-refractivity contribution < 1.29 is 28.6 Å². The van der Waals surface area contributed by atoms with Gasteiger partial charge in [0.1, 0.15) is 11.6 Å². The summed E-state index contributed by atoms with van der Waals surface area (Å²) in [6, 6.07) is 3.65. The fourth-order valence-corrected chi connectivity index (χ4v) is 3.48. The summed E-state index contributed by atoms with van der Waals surface area (Å²) >= 11 is 0. The van der Waals surface area contributed by atoms with Crippen LogP contribution in [0.15, 0.2) is 18.2 Å². The Morgan fingerprint density at radius 3 is 2.84 bits per heavy atom. The Bertz CT molecular complexity index is 668. The molecule has 2 aliphatic heterocycles. The highest BCUT2D eigenvalue weighted by Crippen LogP contribution is 2.25. The van der Waals surface area contributed by atoms with Gasteiger partial charge in [-0.1, -0.05) is 0 Å². The second-order valence-electron chi connectivity index (χ2n) is 6.44. The third-order valence-electron chi connectivity index (χ3n) is 4.60. The Morgan fingerprint density at radius 1 is 1.32 bits per heavy atom. The molecule has 0 aliphatic carbocycles. The quantitative estimate of drug-likeness (QED) is 0.859. The third-order valence-corrected chi connectivity index (χ3v) is 4.60. The normalized spacial score (nSPS) is 23.8. The largest absolute Gasteiger partial charge is 0.496 e. The fourth-order valence-electron chi connectivity index (χ4n) is 3.48. The maximum absolute atomic E-state index is 13.6. The lowest BCUT2D eigenvalue weighted by Crippen LogP contribution is -2.47. The number of carboxylic acids is 1. The highest BCUT2D eigenvalue weighted by Gasteiger charge is 2.36. The zero-order valence-electron chi connectivity index (χ0n) is 14.0. The molecule has 1 aromatic rings. The van der Waals surface area contributed by atoms with Crippen LogP contribution in [0, 0.1) is 11.7 Å². The number of carboxylic acid groups (broad SMARTS) is 1. The van der Waals surface area contributed by atoms with Crippen molar-refractivity contribution in [1.29, 1.82) is 0 Å². The molecule has 1 N–H and O–H groups in total. The van der Waals surface area contributed by atoms with E-state index in [1.165, 1.54) is 25.3 Å². The minimum atomic E-state index is -0.905. The zero-order valence-corrected chi connectivity index (χ0v) is 14.0. The van der Waals surface area contributed by atoms with E-state index >= 15 is 0 Å². The maximum atomic E-state index is 13.6. The Labute approximate surface area is 144 Å². The second-order valence-corrected chi connectivity index (χ2v) is 6.44. The molecule has 0 saturated carbocycles. The summed E-state index contributed by atoms with van der Waals surface area (Å²) in [4.78, 5) is 27.5. The number of hydrogen-bond acceptors (Lipinski definition) is 5. The zero-order chi connectivity index (χ0) is 18.0. The molecule has 136 valence electrons. The lowest BCUT2D eigenvalue weighted by Gasteiger charge is -2.30. The lowest BCUT2D eigenvalue weighted by atomic mass is 10.1. The van der Waals surface area contributed by atoms with Gasteiger partial charge in [0.2, 0.25) is 0 Å². The van der Waals surface area contributed by atoms with E-state index in [0.29, 0.717) is 38.6 Å². The van der Waals surface area contributed by atoms with Crippen LogP contribution in [-0.2, 0) is 9.53 Å². The highest BCUT2D eigenvalue weighted by molar-refractivity contribution is 5.97. The number of aliphatic carboxylic acids is 1. The van der Waals surface area contributed by atoms with E-state index in [1.807, 2.05) is 4.90 Å². The molecule has 0 unspecified atom stereocenters. The van der Waals surface area contributed by atoms with Crippen molar-refractivity contribution in [2.24, 2.45) is 5.92 Å². The van der Waals surface area contributed by atoms with E-state index in [2.05, 4.69) is 0 Å². The molecule has 0 spiro atoms. The summed E-state index contributed by atoms with van der Waals surface area (Å²) in [6.07, 6.45) is 0. The van der Waals surface area contributed by atoms with Gasteiger partial charge in [-0.15, -0.1) is 0 Å². The Kier molecular flexibility index (Phi) is 5.19. The van der Waals surface area contributed by atoms with E-state index in [9.17, 15) is 14.0 Å². The molecule has 2 heterocycles. The summed E-state index contributed by atoms with van der Waals surface area (Å²) in [5, 5.41) is 9.11. The molecule has 2 aliphatic rings.